The van der Waals surface area contributed by atoms with Crippen LogP contribution in [0.2, 0.25) is 0 Å². The highest BCUT2D eigenvalue weighted by atomic mass is 32.2. The first-order valence-corrected chi connectivity index (χ1v) is 11.4. The van der Waals surface area contributed by atoms with E-state index in [0.29, 0.717) is 35.8 Å². The molecule has 0 spiro atoms. The molecular weight excluding hydrogens is 388 g/mol. The Bertz CT molecular complexity index is 940. The van der Waals surface area contributed by atoms with E-state index in [2.05, 4.69) is 16.9 Å². The first-order valence-electron chi connectivity index (χ1n) is 9.89. The molecule has 0 bridgehead atoms. The van der Waals surface area contributed by atoms with E-state index in [9.17, 15) is 8.42 Å². The molecule has 0 aliphatic heterocycles. The summed E-state index contributed by atoms with van der Waals surface area (Å²) in [6.07, 6.45) is 4.69. The van der Waals surface area contributed by atoms with Gasteiger partial charge in [0.05, 0.1) is 24.3 Å². The van der Waals surface area contributed by atoms with Gasteiger partial charge in [0.15, 0.2) is 11.5 Å². The number of hydrogen-bond donors (Lipinski definition) is 1. The van der Waals surface area contributed by atoms with Crippen LogP contribution in [0.4, 0.5) is 0 Å². The zero-order chi connectivity index (χ0) is 21.3. The summed E-state index contributed by atoms with van der Waals surface area (Å²) in [6, 6.07) is 10.6. The van der Waals surface area contributed by atoms with Crippen molar-refractivity contribution in [3.63, 3.8) is 0 Å². The molecular formula is C22H30N2O4S. The van der Waals surface area contributed by atoms with Gasteiger partial charge in [0.1, 0.15) is 0 Å². The Labute approximate surface area is 174 Å². The maximum atomic E-state index is 12.5. The SMILES string of the molecule is CCCCCOc1ccc(/C=N/NS(=O)(=O)c2ccc(C)cc2C)cc1OCC. The second-order valence-electron chi connectivity index (χ2n) is 6.82. The lowest BCUT2D eigenvalue weighted by Crippen LogP contribution is -2.19. The summed E-state index contributed by atoms with van der Waals surface area (Å²) >= 11 is 0. The topological polar surface area (TPSA) is 77.0 Å². The van der Waals surface area contributed by atoms with Crippen molar-refractivity contribution in [1.29, 1.82) is 0 Å². The van der Waals surface area contributed by atoms with Gasteiger partial charge in [0, 0.05) is 0 Å². The summed E-state index contributed by atoms with van der Waals surface area (Å²) in [7, 11) is -3.73. The first-order chi connectivity index (χ1) is 13.9. The number of hydrazone groups is 1. The molecule has 29 heavy (non-hydrogen) atoms. The molecule has 1 N–H and O–H groups in total. The molecule has 0 amide bonds. The van der Waals surface area contributed by atoms with Crippen LogP contribution in [-0.2, 0) is 10.0 Å². The lowest BCUT2D eigenvalue weighted by molar-refractivity contribution is 0.271. The van der Waals surface area contributed by atoms with E-state index in [-0.39, 0.29) is 4.90 Å². The van der Waals surface area contributed by atoms with Crippen molar-refractivity contribution in [3.05, 3.63) is 53.1 Å². The van der Waals surface area contributed by atoms with Crippen LogP contribution >= 0.6 is 0 Å². The van der Waals surface area contributed by atoms with Crippen molar-refractivity contribution in [2.45, 2.75) is 51.9 Å². The average Bonchev–Trinajstić information content (AvgIpc) is 2.66. The molecule has 0 atom stereocenters. The number of aryl methyl sites for hydroxylation is 2. The number of sulfonamides is 1. The molecule has 0 radical (unpaired) electrons. The quantitative estimate of drug-likeness (QED) is 0.329. The molecule has 0 saturated heterocycles. The number of hydrogen-bond acceptors (Lipinski definition) is 5. The predicted molar refractivity (Wildman–Crippen MR) is 116 cm³/mol. The molecule has 6 nitrogen and oxygen atoms in total. The third-order valence-corrected chi connectivity index (χ3v) is 5.66. The second-order valence-corrected chi connectivity index (χ2v) is 8.45. The fourth-order valence-corrected chi connectivity index (χ4v) is 3.87. The van der Waals surface area contributed by atoms with Crippen molar-refractivity contribution in [1.82, 2.24) is 4.83 Å². The monoisotopic (exact) mass is 418 g/mol. The van der Waals surface area contributed by atoms with Crippen LogP contribution in [0.5, 0.6) is 11.5 Å². The molecule has 158 valence electrons. The number of ether oxygens (including phenoxy) is 2. The minimum atomic E-state index is -3.73. The number of nitrogens with one attached hydrogen (secondary N) is 1. The van der Waals surface area contributed by atoms with Crippen LogP contribution in [0.15, 0.2) is 46.4 Å². The molecule has 0 saturated carbocycles. The van der Waals surface area contributed by atoms with Gasteiger partial charge in [-0.05, 0) is 62.6 Å². The van der Waals surface area contributed by atoms with Crippen molar-refractivity contribution >= 4 is 16.2 Å². The van der Waals surface area contributed by atoms with Crippen LogP contribution in [0.3, 0.4) is 0 Å². The normalized spacial score (nSPS) is 11.6. The van der Waals surface area contributed by atoms with Gasteiger partial charge in [-0.1, -0.05) is 37.5 Å². The largest absolute Gasteiger partial charge is 0.490 e. The maximum absolute atomic E-state index is 12.5. The van der Waals surface area contributed by atoms with E-state index in [1.54, 1.807) is 25.1 Å². The van der Waals surface area contributed by atoms with E-state index in [1.165, 1.54) is 6.21 Å². The molecule has 2 aromatic rings. The maximum Gasteiger partial charge on any atom is 0.276 e. The number of nitrogens with zero attached hydrogens (tertiary/aromatic N) is 1. The average molecular weight is 419 g/mol. The Morgan fingerprint density at radius 2 is 1.79 bits per heavy atom. The molecule has 0 aliphatic rings. The number of benzene rings is 2. The fourth-order valence-electron chi connectivity index (χ4n) is 2.85. The van der Waals surface area contributed by atoms with Crippen LogP contribution in [0.1, 0.15) is 49.8 Å². The smallest absolute Gasteiger partial charge is 0.276 e. The first kappa shape index (κ1) is 22.7. The molecule has 0 heterocycles. The van der Waals surface area contributed by atoms with Gasteiger partial charge in [-0.25, -0.2) is 4.83 Å². The van der Waals surface area contributed by atoms with Crippen molar-refractivity contribution in [3.8, 4) is 11.5 Å². The summed E-state index contributed by atoms with van der Waals surface area (Å²) in [4.78, 5) is 2.48. The van der Waals surface area contributed by atoms with E-state index < -0.39 is 10.0 Å². The minimum Gasteiger partial charge on any atom is -0.490 e. The van der Waals surface area contributed by atoms with Crippen molar-refractivity contribution in [2.24, 2.45) is 5.10 Å². The van der Waals surface area contributed by atoms with Gasteiger partial charge >= 0.3 is 0 Å². The zero-order valence-electron chi connectivity index (χ0n) is 17.6. The summed E-state index contributed by atoms with van der Waals surface area (Å²) in [5.74, 6) is 1.29. The molecule has 0 aromatic heterocycles. The van der Waals surface area contributed by atoms with Gasteiger partial charge in [0.25, 0.3) is 10.0 Å². The number of rotatable bonds is 11. The zero-order valence-corrected chi connectivity index (χ0v) is 18.4. The second kappa shape index (κ2) is 10.9. The van der Waals surface area contributed by atoms with E-state index in [0.717, 1.165) is 24.8 Å². The highest BCUT2D eigenvalue weighted by Crippen LogP contribution is 2.28. The van der Waals surface area contributed by atoms with Crippen LogP contribution < -0.4 is 14.3 Å². The molecule has 2 rings (SSSR count). The molecule has 0 fully saturated rings. The van der Waals surface area contributed by atoms with Crippen LogP contribution in [0.25, 0.3) is 0 Å². The Kier molecular flexibility index (Phi) is 8.51. The molecule has 2 aromatic carbocycles. The Morgan fingerprint density at radius 3 is 2.48 bits per heavy atom. The highest BCUT2D eigenvalue weighted by Gasteiger charge is 2.15. The molecule has 7 heteroatoms. The standard InChI is InChI=1S/C22H30N2O4S/c1-5-7-8-13-28-20-11-10-19(15-21(20)27-6-2)16-23-24-29(25,26)22-12-9-17(3)14-18(22)4/h9-12,14-16,24H,5-8,13H2,1-4H3/b23-16+. The van der Waals surface area contributed by atoms with E-state index >= 15 is 0 Å². The Balaban J connectivity index is 2.10. The summed E-state index contributed by atoms with van der Waals surface area (Å²) in [5, 5.41) is 3.91. The van der Waals surface area contributed by atoms with Crippen molar-refractivity contribution in [2.75, 3.05) is 13.2 Å². The molecule has 0 unspecified atom stereocenters. The van der Waals surface area contributed by atoms with E-state index in [4.69, 9.17) is 9.47 Å². The third-order valence-electron chi connectivity index (χ3n) is 4.28. The third kappa shape index (κ3) is 6.78. The summed E-state index contributed by atoms with van der Waals surface area (Å²) in [5.41, 5.74) is 2.39. The van der Waals surface area contributed by atoms with Gasteiger partial charge in [-0.3, -0.25) is 0 Å². The fraction of sp³-hybridized carbons (Fsp3) is 0.409. The lowest BCUT2D eigenvalue weighted by atomic mass is 10.2. The van der Waals surface area contributed by atoms with Crippen LogP contribution in [-0.4, -0.2) is 27.8 Å². The van der Waals surface area contributed by atoms with E-state index in [1.807, 2.05) is 32.0 Å². The Morgan fingerprint density at radius 1 is 1.00 bits per heavy atom. The van der Waals surface area contributed by atoms with Gasteiger partial charge < -0.3 is 9.47 Å². The highest BCUT2D eigenvalue weighted by molar-refractivity contribution is 7.89. The Hall–Kier alpha value is -2.54. The van der Waals surface area contributed by atoms with Gasteiger partial charge in [0.2, 0.25) is 0 Å². The number of unbranched alkanes of at least 4 members (excludes halogenated alkanes) is 2. The van der Waals surface area contributed by atoms with Gasteiger partial charge in [-0.15, -0.1) is 0 Å². The predicted octanol–water partition coefficient (Wildman–Crippen LogP) is 4.58. The molecule has 0 aliphatic carbocycles. The van der Waals surface area contributed by atoms with Gasteiger partial charge in [-0.2, -0.15) is 13.5 Å². The van der Waals surface area contributed by atoms with Crippen LogP contribution in [0, 0.1) is 13.8 Å². The van der Waals surface area contributed by atoms with Crippen molar-refractivity contribution < 1.29 is 17.9 Å². The lowest BCUT2D eigenvalue weighted by Gasteiger charge is -2.12. The summed E-state index contributed by atoms with van der Waals surface area (Å²) in [6.45, 7) is 8.87. The minimum absolute atomic E-state index is 0.214. The summed E-state index contributed by atoms with van der Waals surface area (Å²) < 4.78 is 36.4.